The molecular weight excluding hydrogens is 218 g/mol. The summed E-state index contributed by atoms with van der Waals surface area (Å²) >= 11 is 0. The lowest BCUT2D eigenvalue weighted by atomic mass is 9.73. The second kappa shape index (κ2) is 6.59. The Kier molecular flexibility index (Phi) is 5.41. The highest BCUT2D eigenvalue weighted by Gasteiger charge is 2.37. The zero-order chi connectivity index (χ0) is 12.7. The minimum absolute atomic E-state index is 0.0500. The van der Waals surface area contributed by atoms with Crippen molar-refractivity contribution in [2.75, 3.05) is 19.6 Å². The van der Waals surface area contributed by atoms with Crippen LogP contribution in [0.15, 0.2) is 0 Å². The van der Waals surface area contributed by atoms with Crippen LogP contribution in [-0.2, 0) is 9.59 Å². The molecule has 0 aromatic carbocycles. The number of amides is 2. The zero-order valence-corrected chi connectivity index (χ0v) is 10.6. The number of nitrogens with two attached hydrogens (primary N) is 1. The molecule has 1 aliphatic rings. The van der Waals surface area contributed by atoms with E-state index in [0.29, 0.717) is 13.1 Å². The van der Waals surface area contributed by atoms with Crippen LogP contribution >= 0.6 is 0 Å². The lowest BCUT2D eigenvalue weighted by molar-refractivity contribution is -0.134. The molecule has 0 spiro atoms. The van der Waals surface area contributed by atoms with Crippen molar-refractivity contribution in [2.24, 2.45) is 11.1 Å². The highest BCUT2D eigenvalue weighted by molar-refractivity contribution is 5.88. The Morgan fingerprint density at radius 3 is 2.35 bits per heavy atom. The second-order valence-corrected chi connectivity index (χ2v) is 4.68. The monoisotopic (exact) mass is 241 g/mol. The molecule has 0 heterocycles. The first-order valence-corrected chi connectivity index (χ1v) is 6.39. The van der Waals surface area contributed by atoms with Gasteiger partial charge in [0.25, 0.3) is 0 Å². The van der Waals surface area contributed by atoms with E-state index in [1.165, 1.54) is 6.42 Å². The van der Waals surface area contributed by atoms with Crippen LogP contribution < -0.4 is 16.4 Å². The van der Waals surface area contributed by atoms with E-state index in [1.54, 1.807) is 0 Å². The highest BCUT2D eigenvalue weighted by atomic mass is 16.2. The van der Waals surface area contributed by atoms with E-state index in [1.807, 2.05) is 6.92 Å². The van der Waals surface area contributed by atoms with Gasteiger partial charge in [-0.1, -0.05) is 19.3 Å². The number of rotatable bonds is 5. The van der Waals surface area contributed by atoms with Gasteiger partial charge in [-0.25, -0.2) is 0 Å². The van der Waals surface area contributed by atoms with Gasteiger partial charge in [0.05, 0.1) is 12.0 Å². The van der Waals surface area contributed by atoms with Crippen molar-refractivity contribution in [1.29, 1.82) is 0 Å². The molecular formula is C12H23N3O2. The third kappa shape index (κ3) is 3.70. The first kappa shape index (κ1) is 14.0. The quantitative estimate of drug-likeness (QED) is 0.640. The summed E-state index contributed by atoms with van der Waals surface area (Å²) in [5.74, 6) is -0.213. The third-order valence-electron chi connectivity index (χ3n) is 3.47. The van der Waals surface area contributed by atoms with E-state index in [0.717, 1.165) is 25.7 Å². The standard InChI is InChI=1S/C12H23N3O2/c1-2-14-10(16)8-15-11(17)12(9-13)6-4-3-5-7-12/h2-9,13H2,1H3,(H,14,16)(H,15,17). The van der Waals surface area contributed by atoms with E-state index < -0.39 is 5.41 Å². The number of likely N-dealkylation sites (N-methyl/N-ethyl adjacent to an activating group) is 1. The molecule has 0 saturated heterocycles. The fourth-order valence-electron chi connectivity index (χ4n) is 2.36. The lowest BCUT2D eigenvalue weighted by Crippen LogP contribution is -2.49. The van der Waals surface area contributed by atoms with Crippen molar-refractivity contribution in [2.45, 2.75) is 39.0 Å². The first-order chi connectivity index (χ1) is 8.14. The maximum atomic E-state index is 12.1. The van der Waals surface area contributed by atoms with Crippen LogP contribution in [0.1, 0.15) is 39.0 Å². The topological polar surface area (TPSA) is 84.2 Å². The van der Waals surface area contributed by atoms with E-state index in [4.69, 9.17) is 5.73 Å². The summed E-state index contributed by atoms with van der Waals surface area (Å²) in [4.78, 5) is 23.4. The zero-order valence-electron chi connectivity index (χ0n) is 10.6. The molecule has 1 aliphatic carbocycles. The van der Waals surface area contributed by atoms with E-state index in [2.05, 4.69) is 10.6 Å². The Morgan fingerprint density at radius 1 is 1.18 bits per heavy atom. The molecule has 98 valence electrons. The molecule has 2 amide bonds. The summed E-state index contributed by atoms with van der Waals surface area (Å²) in [6, 6.07) is 0. The normalized spacial score (nSPS) is 18.5. The average Bonchev–Trinajstić information content (AvgIpc) is 2.37. The summed E-state index contributed by atoms with van der Waals surface area (Å²) in [6.07, 6.45) is 4.94. The van der Waals surface area contributed by atoms with Gasteiger partial charge < -0.3 is 16.4 Å². The number of hydrogen-bond donors (Lipinski definition) is 3. The molecule has 1 saturated carbocycles. The second-order valence-electron chi connectivity index (χ2n) is 4.68. The molecule has 1 rings (SSSR count). The largest absolute Gasteiger partial charge is 0.355 e. The molecule has 1 fully saturated rings. The van der Waals surface area contributed by atoms with Gasteiger partial charge in [-0.15, -0.1) is 0 Å². The van der Waals surface area contributed by atoms with Gasteiger partial charge in [-0.05, 0) is 19.8 Å². The Balaban J connectivity index is 2.46. The fraction of sp³-hybridized carbons (Fsp3) is 0.833. The van der Waals surface area contributed by atoms with Gasteiger partial charge in [0.1, 0.15) is 0 Å². The van der Waals surface area contributed by atoms with Crippen molar-refractivity contribution in [1.82, 2.24) is 10.6 Å². The van der Waals surface area contributed by atoms with Gasteiger partial charge in [0.15, 0.2) is 0 Å². The van der Waals surface area contributed by atoms with Crippen LogP contribution in [0.3, 0.4) is 0 Å². The van der Waals surface area contributed by atoms with E-state index in [-0.39, 0.29) is 18.4 Å². The molecule has 17 heavy (non-hydrogen) atoms. The van der Waals surface area contributed by atoms with Crippen LogP contribution in [0.25, 0.3) is 0 Å². The van der Waals surface area contributed by atoms with E-state index >= 15 is 0 Å². The highest BCUT2D eigenvalue weighted by Crippen LogP contribution is 2.35. The van der Waals surface area contributed by atoms with Crippen molar-refractivity contribution in [3.8, 4) is 0 Å². The Morgan fingerprint density at radius 2 is 1.82 bits per heavy atom. The summed E-state index contributed by atoms with van der Waals surface area (Å²) < 4.78 is 0. The third-order valence-corrected chi connectivity index (χ3v) is 3.47. The minimum atomic E-state index is -0.440. The first-order valence-electron chi connectivity index (χ1n) is 6.39. The molecule has 0 bridgehead atoms. The van der Waals surface area contributed by atoms with Crippen LogP contribution in [0.4, 0.5) is 0 Å². The van der Waals surface area contributed by atoms with Gasteiger partial charge in [0, 0.05) is 13.1 Å². The molecule has 5 nitrogen and oxygen atoms in total. The minimum Gasteiger partial charge on any atom is -0.355 e. The Hall–Kier alpha value is -1.10. The lowest BCUT2D eigenvalue weighted by Gasteiger charge is -2.34. The smallest absolute Gasteiger partial charge is 0.239 e. The molecule has 0 atom stereocenters. The Bertz CT molecular complexity index is 273. The van der Waals surface area contributed by atoms with Gasteiger partial charge >= 0.3 is 0 Å². The van der Waals surface area contributed by atoms with Crippen molar-refractivity contribution in [3.63, 3.8) is 0 Å². The van der Waals surface area contributed by atoms with Crippen LogP contribution in [0.2, 0.25) is 0 Å². The molecule has 0 radical (unpaired) electrons. The number of nitrogens with one attached hydrogen (secondary N) is 2. The Labute approximate surface area is 103 Å². The average molecular weight is 241 g/mol. The summed E-state index contributed by atoms with van der Waals surface area (Å²) in [5.41, 5.74) is 5.30. The molecule has 4 N–H and O–H groups in total. The van der Waals surface area contributed by atoms with Gasteiger partial charge in [-0.2, -0.15) is 0 Å². The summed E-state index contributed by atoms with van der Waals surface area (Å²) in [5, 5.41) is 5.35. The maximum absolute atomic E-state index is 12.1. The number of carbonyl (C=O) groups is 2. The molecule has 0 aliphatic heterocycles. The molecule has 0 aromatic heterocycles. The van der Waals surface area contributed by atoms with Crippen molar-refractivity contribution >= 4 is 11.8 Å². The van der Waals surface area contributed by atoms with Crippen LogP contribution in [0, 0.1) is 5.41 Å². The predicted molar refractivity (Wildman–Crippen MR) is 66.3 cm³/mol. The summed E-state index contributed by atoms with van der Waals surface area (Å²) in [6.45, 7) is 2.85. The van der Waals surface area contributed by atoms with Gasteiger partial charge in [0.2, 0.25) is 11.8 Å². The number of hydrogen-bond acceptors (Lipinski definition) is 3. The SMILES string of the molecule is CCNC(=O)CNC(=O)C1(CN)CCCCC1. The predicted octanol–water partition coefficient (Wildman–Crippen LogP) is 0.148. The molecule has 0 aromatic rings. The molecule has 5 heteroatoms. The maximum Gasteiger partial charge on any atom is 0.239 e. The van der Waals surface area contributed by atoms with Crippen molar-refractivity contribution < 1.29 is 9.59 Å². The fourth-order valence-corrected chi connectivity index (χ4v) is 2.36. The van der Waals surface area contributed by atoms with E-state index in [9.17, 15) is 9.59 Å². The summed E-state index contributed by atoms with van der Waals surface area (Å²) in [7, 11) is 0. The van der Waals surface area contributed by atoms with Gasteiger partial charge in [-0.3, -0.25) is 9.59 Å². The molecule has 0 unspecified atom stereocenters. The van der Waals surface area contributed by atoms with Crippen LogP contribution in [-0.4, -0.2) is 31.4 Å². The number of carbonyl (C=O) groups excluding carboxylic acids is 2. The van der Waals surface area contributed by atoms with Crippen LogP contribution in [0.5, 0.6) is 0 Å². The van der Waals surface area contributed by atoms with Crippen molar-refractivity contribution in [3.05, 3.63) is 0 Å².